The molecule has 2 heterocycles. The fraction of sp³-hybridized carbons (Fsp3) is 0.714. The minimum Gasteiger partial charge on any atom is -0.465 e. The Bertz CT molecular complexity index is 336. The molecule has 2 aliphatic heterocycles. The normalized spacial score (nSPS) is 27.4. The van der Waals surface area contributed by atoms with Crippen molar-refractivity contribution in [2.45, 2.75) is 40.2 Å². The van der Waals surface area contributed by atoms with E-state index in [1.165, 1.54) is 5.57 Å². The van der Waals surface area contributed by atoms with Crippen molar-refractivity contribution in [2.75, 3.05) is 19.8 Å². The molecule has 0 amide bonds. The Balaban J connectivity index is 1.98. The predicted molar refractivity (Wildman–Crippen MR) is 66.5 cm³/mol. The summed E-state index contributed by atoms with van der Waals surface area (Å²) in [6.07, 6.45) is 3.23. The Morgan fingerprint density at radius 1 is 1.24 bits per heavy atom. The van der Waals surface area contributed by atoms with Gasteiger partial charge in [-0.15, -0.1) is 0 Å². The molecule has 2 fully saturated rings. The largest absolute Gasteiger partial charge is 0.465 e. The van der Waals surface area contributed by atoms with Crippen molar-refractivity contribution < 1.29 is 14.2 Å². The summed E-state index contributed by atoms with van der Waals surface area (Å²) in [5.74, 6) is 0.703. The van der Waals surface area contributed by atoms with Crippen molar-refractivity contribution in [1.29, 1.82) is 0 Å². The van der Waals surface area contributed by atoms with E-state index in [1.807, 2.05) is 0 Å². The van der Waals surface area contributed by atoms with E-state index in [1.54, 1.807) is 0 Å². The second-order valence-electron chi connectivity index (χ2n) is 5.93. The molecule has 3 heteroatoms. The van der Waals surface area contributed by atoms with Gasteiger partial charge in [0.25, 0.3) is 5.95 Å². The zero-order valence-corrected chi connectivity index (χ0v) is 11.2. The van der Waals surface area contributed by atoms with E-state index in [-0.39, 0.29) is 11.5 Å². The predicted octanol–water partition coefficient (Wildman–Crippen LogP) is 3.03. The van der Waals surface area contributed by atoms with Crippen LogP contribution in [0.5, 0.6) is 0 Å². The first-order chi connectivity index (χ1) is 7.96. The van der Waals surface area contributed by atoms with Crippen LogP contribution < -0.4 is 0 Å². The second-order valence-corrected chi connectivity index (χ2v) is 5.93. The molecule has 0 saturated carbocycles. The lowest BCUT2D eigenvalue weighted by Gasteiger charge is -2.31. The first-order valence-electron chi connectivity index (χ1n) is 6.20. The van der Waals surface area contributed by atoms with Crippen LogP contribution in [0.2, 0.25) is 0 Å². The van der Waals surface area contributed by atoms with Crippen LogP contribution >= 0.6 is 0 Å². The van der Waals surface area contributed by atoms with Crippen molar-refractivity contribution in [3.8, 4) is 0 Å². The number of rotatable bonds is 1. The van der Waals surface area contributed by atoms with Crippen LogP contribution in [0.25, 0.3) is 0 Å². The monoisotopic (exact) mass is 238 g/mol. The maximum atomic E-state index is 5.69. The van der Waals surface area contributed by atoms with E-state index in [0.717, 1.165) is 25.2 Å². The third-order valence-electron chi connectivity index (χ3n) is 2.92. The van der Waals surface area contributed by atoms with Gasteiger partial charge in [-0.25, -0.2) is 0 Å². The molecule has 0 spiro atoms. The van der Waals surface area contributed by atoms with E-state index in [0.29, 0.717) is 12.6 Å². The van der Waals surface area contributed by atoms with Gasteiger partial charge in [-0.3, -0.25) is 0 Å². The Kier molecular flexibility index (Phi) is 3.48. The summed E-state index contributed by atoms with van der Waals surface area (Å²) in [4.78, 5) is 0. The smallest absolute Gasteiger partial charge is 0.280 e. The summed E-state index contributed by atoms with van der Waals surface area (Å²) >= 11 is 0. The SMILES string of the molecule is CC(C)=CC1CC(=C2OCC(C)(C)CO2)CO1. The molecule has 1 atom stereocenters. The van der Waals surface area contributed by atoms with Gasteiger partial charge in [-0.1, -0.05) is 25.5 Å². The minimum atomic E-state index is 0.114. The van der Waals surface area contributed by atoms with Crippen molar-refractivity contribution in [2.24, 2.45) is 5.41 Å². The van der Waals surface area contributed by atoms with Crippen LogP contribution in [0.1, 0.15) is 34.1 Å². The second kappa shape index (κ2) is 4.73. The van der Waals surface area contributed by atoms with Crippen LogP contribution in [0.15, 0.2) is 23.2 Å². The fourth-order valence-electron chi connectivity index (χ4n) is 2.00. The molecular formula is C14H22O3. The number of hydrogen-bond donors (Lipinski definition) is 0. The highest BCUT2D eigenvalue weighted by atomic mass is 16.7. The van der Waals surface area contributed by atoms with Crippen LogP contribution in [-0.2, 0) is 14.2 Å². The maximum Gasteiger partial charge on any atom is 0.280 e. The first kappa shape index (κ1) is 12.5. The van der Waals surface area contributed by atoms with E-state index < -0.39 is 0 Å². The Morgan fingerprint density at radius 3 is 2.47 bits per heavy atom. The summed E-state index contributed by atoms with van der Waals surface area (Å²) in [5, 5.41) is 0. The zero-order valence-electron chi connectivity index (χ0n) is 11.2. The van der Waals surface area contributed by atoms with E-state index >= 15 is 0 Å². The number of ether oxygens (including phenoxy) is 3. The molecule has 17 heavy (non-hydrogen) atoms. The summed E-state index contributed by atoms with van der Waals surface area (Å²) in [6, 6.07) is 0. The summed E-state index contributed by atoms with van der Waals surface area (Å²) in [6.45, 7) is 10.5. The van der Waals surface area contributed by atoms with Crippen LogP contribution in [0, 0.1) is 5.41 Å². The lowest BCUT2D eigenvalue weighted by molar-refractivity contribution is -0.0878. The molecule has 96 valence electrons. The van der Waals surface area contributed by atoms with Crippen LogP contribution in [0.3, 0.4) is 0 Å². The first-order valence-corrected chi connectivity index (χ1v) is 6.20. The van der Waals surface area contributed by atoms with E-state index in [2.05, 4.69) is 33.8 Å². The standard InChI is InChI=1S/C14H22O3/c1-10(2)5-12-6-11(7-15-12)13-16-8-14(3,4)9-17-13/h5,12H,6-9H2,1-4H3. The molecule has 0 aromatic rings. The number of allylic oxidation sites excluding steroid dienone is 1. The molecule has 0 bridgehead atoms. The van der Waals surface area contributed by atoms with E-state index in [9.17, 15) is 0 Å². The molecule has 0 radical (unpaired) electrons. The summed E-state index contributed by atoms with van der Waals surface area (Å²) in [7, 11) is 0. The van der Waals surface area contributed by atoms with Crippen molar-refractivity contribution in [3.05, 3.63) is 23.2 Å². The van der Waals surface area contributed by atoms with Gasteiger partial charge < -0.3 is 14.2 Å². The summed E-state index contributed by atoms with van der Waals surface area (Å²) < 4.78 is 17.1. The van der Waals surface area contributed by atoms with Crippen LogP contribution in [0.4, 0.5) is 0 Å². The number of hydrogen-bond acceptors (Lipinski definition) is 3. The van der Waals surface area contributed by atoms with Gasteiger partial charge in [-0.2, -0.15) is 0 Å². The van der Waals surface area contributed by atoms with Gasteiger partial charge in [0.1, 0.15) is 0 Å². The van der Waals surface area contributed by atoms with Gasteiger partial charge >= 0.3 is 0 Å². The lowest BCUT2D eigenvalue weighted by Crippen LogP contribution is -2.31. The van der Waals surface area contributed by atoms with Gasteiger partial charge in [0, 0.05) is 17.4 Å². The molecule has 3 nitrogen and oxygen atoms in total. The molecule has 1 unspecified atom stereocenters. The molecule has 0 aromatic carbocycles. The highest BCUT2D eigenvalue weighted by molar-refractivity contribution is 5.15. The third-order valence-corrected chi connectivity index (χ3v) is 2.92. The Hall–Kier alpha value is -0.960. The Labute approximate surface area is 103 Å². The van der Waals surface area contributed by atoms with Gasteiger partial charge in [0.05, 0.1) is 25.9 Å². The highest BCUT2D eigenvalue weighted by Crippen LogP contribution is 2.30. The molecule has 2 saturated heterocycles. The van der Waals surface area contributed by atoms with Gasteiger partial charge in [0.2, 0.25) is 0 Å². The van der Waals surface area contributed by atoms with Crippen molar-refractivity contribution >= 4 is 0 Å². The average Bonchev–Trinajstić information content (AvgIpc) is 2.65. The highest BCUT2D eigenvalue weighted by Gasteiger charge is 2.30. The van der Waals surface area contributed by atoms with Crippen molar-refractivity contribution in [3.63, 3.8) is 0 Å². The zero-order chi connectivity index (χ0) is 12.5. The molecule has 2 aliphatic rings. The molecular weight excluding hydrogens is 216 g/mol. The molecule has 0 aliphatic carbocycles. The lowest BCUT2D eigenvalue weighted by atomic mass is 9.96. The topological polar surface area (TPSA) is 27.7 Å². The quantitative estimate of drug-likeness (QED) is 0.657. The van der Waals surface area contributed by atoms with Gasteiger partial charge in [-0.05, 0) is 13.8 Å². The maximum absolute atomic E-state index is 5.69. The average molecular weight is 238 g/mol. The van der Waals surface area contributed by atoms with E-state index in [4.69, 9.17) is 14.2 Å². The summed E-state index contributed by atoms with van der Waals surface area (Å²) in [5.41, 5.74) is 2.55. The minimum absolute atomic E-state index is 0.114. The molecule has 0 aromatic heterocycles. The third kappa shape index (κ3) is 3.25. The van der Waals surface area contributed by atoms with Gasteiger partial charge in [0.15, 0.2) is 0 Å². The molecule has 2 rings (SSSR count). The van der Waals surface area contributed by atoms with Crippen molar-refractivity contribution in [1.82, 2.24) is 0 Å². The molecule has 0 N–H and O–H groups in total. The Morgan fingerprint density at radius 2 is 1.88 bits per heavy atom. The van der Waals surface area contributed by atoms with Crippen LogP contribution in [-0.4, -0.2) is 25.9 Å². The fourth-order valence-corrected chi connectivity index (χ4v) is 2.00.